The van der Waals surface area contributed by atoms with Crippen LogP contribution in [0.3, 0.4) is 0 Å². The van der Waals surface area contributed by atoms with Gasteiger partial charge in [-0.25, -0.2) is 0 Å². The number of thioether (sulfide) groups is 1. The van der Waals surface area contributed by atoms with E-state index in [0.717, 1.165) is 22.4 Å². The van der Waals surface area contributed by atoms with E-state index in [0.29, 0.717) is 12.4 Å². The van der Waals surface area contributed by atoms with Crippen molar-refractivity contribution < 1.29 is 9.53 Å². The fourth-order valence-corrected chi connectivity index (χ4v) is 3.17. The van der Waals surface area contributed by atoms with Crippen molar-refractivity contribution in [3.63, 3.8) is 0 Å². The number of ketones is 1. The first-order valence-electron chi connectivity index (χ1n) is 4.79. The summed E-state index contributed by atoms with van der Waals surface area (Å²) in [5.41, 5.74) is 0. The van der Waals surface area contributed by atoms with Gasteiger partial charge in [0.2, 0.25) is 0 Å². The molecule has 4 nitrogen and oxygen atoms in total. The number of hydrogen-bond acceptors (Lipinski definition) is 6. The lowest BCUT2D eigenvalue weighted by Gasteiger charge is -2.03. The fourth-order valence-electron chi connectivity index (χ4n) is 1.38. The minimum Gasteiger partial charge on any atom is -0.381 e. The summed E-state index contributed by atoms with van der Waals surface area (Å²) in [4.78, 5) is 11.7. The minimum absolute atomic E-state index is 0.103. The number of ether oxygens (including phenoxy) is 1. The van der Waals surface area contributed by atoms with Gasteiger partial charge in [0, 0.05) is 12.5 Å². The summed E-state index contributed by atoms with van der Waals surface area (Å²) in [6.07, 6.45) is 0.870. The van der Waals surface area contributed by atoms with Crippen molar-refractivity contribution in [3.05, 3.63) is 5.01 Å². The topological polar surface area (TPSA) is 52.1 Å². The van der Waals surface area contributed by atoms with E-state index in [4.69, 9.17) is 4.74 Å². The van der Waals surface area contributed by atoms with E-state index >= 15 is 0 Å². The van der Waals surface area contributed by atoms with Crippen LogP contribution in [0, 0.1) is 12.8 Å². The number of carbonyl (C=O) groups excluding carboxylic acids is 1. The lowest BCUT2D eigenvalue weighted by atomic mass is 10.1. The first kappa shape index (κ1) is 11.0. The number of rotatable bonds is 4. The van der Waals surface area contributed by atoms with E-state index < -0.39 is 0 Å². The number of hydrogen-bond donors (Lipinski definition) is 0. The largest absolute Gasteiger partial charge is 0.381 e. The molecule has 1 aromatic heterocycles. The second-order valence-corrected chi connectivity index (χ2v) is 5.81. The molecule has 0 amide bonds. The van der Waals surface area contributed by atoms with Gasteiger partial charge >= 0.3 is 0 Å². The molecule has 0 spiro atoms. The third-order valence-electron chi connectivity index (χ3n) is 2.23. The Hall–Kier alpha value is -0.460. The SMILES string of the molecule is Cc1nnc(SCC(=O)C2CCOC2)s1. The number of nitrogens with zero attached hydrogens (tertiary/aromatic N) is 2. The van der Waals surface area contributed by atoms with Gasteiger partial charge < -0.3 is 4.74 Å². The lowest BCUT2D eigenvalue weighted by Crippen LogP contribution is -2.16. The monoisotopic (exact) mass is 244 g/mol. The second kappa shape index (κ2) is 5.05. The number of carbonyl (C=O) groups is 1. The van der Waals surface area contributed by atoms with Gasteiger partial charge in [-0.3, -0.25) is 4.79 Å². The molecule has 1 unspecified atom stereocenters. The first-order chi connectivity index (χ1) is 7.25. The number of aromatic nitrogens is 2. The molecule has 2 rings (SSSR count). The van der Waals surface area contributed by atoms with Crippen molar-refractivity contribution in [2.75, 3.05) is 19.0 Å². The molecule has 0 bridgehead atoms. The zero-order valence-corrected chi connectivity index (χ0v) is 10.1. The van der Waals surface area contributed by atoms with Crippen LogP contribution >= 0.6 is 23.1 Å². The van der Waals surface area contributed by atoms with E-state index in [1.54, 1.807) is 0 Å². The van der Waals surface area contributed by atoms with Gasteiger partial charge in [0.05, 0.1) is 12.4 Å². The van der Waals surface area contributed by atoms with Gasteiger partial charge in [-0.15, -0.1) is 10.2 Å². The molecule has 0 N–H and O–H groups in total. The van der Waals surface area contributed by atoms with Crippen molar-refractivity contribution >= 4 is 28.9 Å². The normalized spacial score (nSPS) is 20.7. The van der Waals surface area contributed by atoms with Gasteiger partial charge in [0.25, 0.3) is 0 Å². The molecule has 0 saturated carbocycles. The Labute approximate surface area is 96.4 Å². The molecule has 0 radical (unpaired) electrons. The van der Waals surface area contributed by atoms with Crippen LogP contribution in [0.15, 0.2) is 4.34 Å². The zero-order chi connectivity index (χ0) is 10.7. The highest BCUT2D eigenvalue weighted by Gasteiger charge is 2.23. The third kappa shape index (κ3) is 2.99. The van der Waals surface area contributed by atoms with Crippen LogP contribution in [0.4, 0.5) is 0 Å². The Morgan fingerprint density at radius 2 is 2.53 bits per heavy atom. The molecule has 1 saturated heterocycles. The Morgan fingerprint density at radius 1 is 1.67 bits per heavy atom. The van der Waals surface area contributed by atoms with Crippen LogP contribution < -0.4 is 0 Å². The van der Waals surface area contributed by atoms with Crippen molar-refractivity contribution in [3.8, 4) is 0 Å². The predicted octanol–water partition coefficient (Wildman–Crippen LogP) is 1.54. The van der Waals surface area contributed by atoms with Gasteiger partial charge in [-0.2, -0.15) is 0 Å². The molecule has 1 aromatic rings. The van der Waals surface area contributed by atoms with E-state index in [2.05, 4.69) is 10.2 Å². The summed E-state index contributed by atoms with van der Waals surface area (Å²) in [6.45, 7) is 3.22. The van der Waals surface area contributed by atoms with Crippen molar-refractivity contribution in [1.82, 2.24) is 10.2 Å². The maximum absolute atomic E-state index is 11.7. The molecular weight excluding hydrogens is 232 g/mol. The van der Waals surface area contributed by atoms with Crippen molar-refractivity contribution in [2.24, 2.45) is 5.92 Å². The molecule has 82 valence electrons. The minimum atomic E-state index is 0.103. The predicted molar refractivity (Wildman–Crippen MR) is 59.3 cm³/mol. The highest BCUT2D eigenvalue weighted by Crippen LogP contribution is 2.24. The van der Waals surface area contributed by atoms with Crippen LogP contribution in [0.2, 0.25) is 0 Å². The zero-order valence-electron chi connectivity index (χ0n) is 8.43. The standard InChI is InChI=1S/C9H12N2O2S2/c1-6-10-11-9(15-6)14-5-8(12)7-2-3-13-4-7/h7H,2-5H2,1H3. The molecule has 1 atom stereocenters. The smallest absolute Gasteiger partial charge is 0.174 e. The Balaban J connectivity index is 1.80. The van der Waals surface area contributed by atoms with E-state index in [9.17, 15) is 4.79 Å². The highest BCUT2D eigenvalue weighted by atomic mass is 32.2. The maximum Gasteiger partial charge on any atom is 0.174 e. The molecule has 1 aliphatic rings. The summed E-state index contributed by atoms with van der Waals surface area (Å²) < 4.78 is 6.05. The van der Waals surface area contributed by atoms with Crippen LogP contribution in [0.5, 0.6) is 0 Å². The number of aryl methyl sites for hydroxylation is 1. The Bertz CT molecular complexity index is 348. The van der Waals surface area contributed by atoms with E-state index in [1.165, 1.54) is 23.1 Å². The van der Waals surface area contributed by atoms with Crippen LogP contribution in [0.1, 0.15) is 11.4 Å². The van der Waals surface area contributed by atoms with Gasteiger partial charge in [-0.05, 0) is 13.3 Å². The molecule has 15 heavy (non-hydrogen) atoms. The van der Waals surface area contributed by atoms with Crippen LogP contribution in [0.25, 0.3) is 0 Å². The first-order valence-corrected chi connectivity index (χ1v) is 6.59. The lowest BCUT2D eigenvalue weighted by molar-refractivity contribution is -0.120. The van der Waals surface area contributed by atoms with Gasteiger partial charge in [0.1, 0.15) is 10.8 Å². The molecule has 1 aliphatic heterocycles. The third-order valence-corrected chi connectivity index (χ3v) is 4.22. The highest BCUT2D eigenvalue weighted by molar-refractivity contribution is 8.01. The van der Waals surface area contributed by atoms with E-state index in [-0.39, 0.29) is 11.7 Å². The van der Waals surface area contributed by atoms with Crippen molar-refractivity contribution in [1.29, 1.82) is 0 Å². The quantitative estimate of drug-likeness (QED) is 0.752. The summed E-state index contributed by atoms with van der Waals surface area (Å²) in [7, 11) is 0. The second-order valence-electron chi connectivity index (χ2n) is 3.40. The molecule has 0 aromatic carbocycles. The molecule has 1 fully saturated rings. The van der Waals surface area contributed by atoms with Crippen molar-refractivity contribution in [2.45, 2.75) is 17.7 Å². The summed E-state index contributed by atoms with van der Waals surface area (Å²) in [5.74, 6) is 0.861. The average molecular weight is 244 g/mol. The van der Waals surface area contributed by atoms with Crippen LogP contribution in [-0.2, 0) is 9.53 Å². The summed E-state index contributed by atoms with van der Waals surface area (Å²) in [6, 6.07) is 0. The Morgan fingerprint density at radius 3 is 3.13 bits per heavy atom. The summed E-state index contributed by atoms with van der Waals surface area (Å²) >= 11 is 3.01. The average Bonchev–Trinajstić information content (AvgIpc) is 2.84. The Kier molecular flexibility index (Phi) is 3.71. The van der Waals surface area contributed by atoms with Gasteiger partial charge in [-0.1, -0.05) is 23.1 Å². The maximum atomic E-state index is 11.7. The number of Topliss-reactive ketones (excluding diaryl/α,β-unsaturated/α-hetero) is 1. The molecule has 6 heteroatoms. The van der Waals surface area contributed by atoms with Crippen LogP contribution in [-0.4, -0.2) is 34.9 Å². The van der Waals surface area contributed by atoms with E-state index in [1.807, 2.05) is 6.92 Å². The summed E-state index contributed by atoms with van der Waals surface area (Å²) in [5, 5.41) is 8.81. The molecule has 2 heterocycles. The molecule has 0 aliphatic carbocycles. The van der Waals surface area contributed by atoms with Gasteiger partial charge in [0.15, 0.2) is 4.34 Å². The molecular formula is C9H12N2O2S2. The fraction of sp³-hybridized carbons (Fsp3) is 0.667.